The topological polar surface area (TPSA) is 89.8 Å². The Hall–Kier alpha value is -2.43. The summed E-state index contributed by atoms with van der Waals surface area (Å²) in [6.45, 7) is 3.59. The van der Waals surface area contributed by atoms with Crippen molar-refractivity contribution in [3.05, 3.63) is 56.2 Å². The van der Waals surface area contributed by atoms with Gasteiger partial charge < -0.3 is 5.32 Å². The minimum Gasteiger partial charge on any atom is -0.307 e. The molecule has 7 nitrogen and oxygen atoms in total. The van der Waals surface area contributed by atoms with Crippen LogP contribution in [0.25, 0.3) is 10.8 Å². The summed E-state index contributed by atoms with van der Waals surface area (Å²) in [7, 11) is 0. The van der Waals surface area contributed by atoms with E-state index in [-0.39, 0.29) is 23.8 Å². The highest BCUT2D eigenvalue weighted by Crippen LogP contribution is 2.23. The minimum atomic E-state index is -0.753. The van der Waals surface area contributed by atoms with Crippen molar-refractivity contribution in [1.82, 2.24) is 19.7 Å². The Balaban J connectivity index is 1.99. The van der Waals surface area contributed by atoms with Crippen LogP contribution in [0.1, 0.15) is 25.5 Å². The van der Waals surface area contributed by atoms with E-state index in [1.807, 2.05) is 26.0 Å². The molecule has 2 heterocycles. The third-order valence-electron chi connectivity index (χ3n) is 3.72. The number of hydrogen-bond acceptors (Lipinski definition) is 5. The van der Waals surface area contributed by atoms with Gasteiger partial charge in [0.2, 0.25) is 5.91 Å². The summed E-state index contributed by atoms with van der Waals surface area (Å²) in [5, 5.41) is 7.95. The molecule has 9 heteroatoms. The van der Waals surface area contributed by atoms with Crippen LogP contribution in [0.2, 0.25) is 0 Å². The first-order chi connectivity index (χ1) is 12.4. The summed E-state index contributed by atoms with van der Waals surface area (Å²) in [6, 6.07) is 5.46. The number of aromatic nitrogens is 4. The number of carbonyl (C=O) groups is 1. The van der Waals surface area contributed by atoms with Gasteiger partial charge in [-0.05, 0) is 46.7 Å². The summed E-state index contributed by atoms with van der Waals surface area (Å²) >= 11 is 2.18. The maximum absolute atomic E-state index is 13.6. The molecule has 26 heavy (non-hydrogen) atoms. The zero-order valence-corrected chi connectivity index (χ0v) is 16.2. The third kappa shape index (κ3) is 3.71. The molecule has 0 bridgehead atoms. The van der Waals surface area contributed by atoms with Crippen molar-refractivity contribution in [3.63, 3.8) is 0 Å². The predicted octanol–water partition coefficient (Wildman–Crippen LogP) is 2.69. The SMILES string of the molecule is CC(C)c1nn(CC(=O)Nc2ncncc2F)c(=O)c2ccc(I)cc12. The van der Waals surface area contributed by atoms with Gasteiger partial charge in [0.1, 0.15) is 12.9 Å². The fourth-order valence-corrected chi connectivity index (χ4v) is 3.02. The number of hydrogen-bond donors (Lipinski definition) is 1. The average Bonchev–Trinajstić information content (AvgIpc) is 2.59. The van der Waals surface area contributed by atoms with E-state index >= 15 is 0 Å². The van der Waals surface area contributed by atoms with Gasteiger partial charge >= 0.3 is 0 Å². The van der Waals surface area contributed by atoms with Crippen molar-refractivity contribution < 1.29 is 9.18 Å². The number of halogens is 2. The standard InChI is InChI=1S/C17H15FIN5O2/c1-9(2)15-12-5-10(19)3-4-11(12)17(26)24(23-15)7-14(25)22-16-13(18)6-20-8-21-16/h3-6,8-9H,7H2,1-2H3,(H,20,21,22,25). The molecule has 0 spiro atoms. The zero-order valence-electron chi connectivity index (χ0n) is 14.0. The quantitative estimate of drug-likeness (QED) is 0.597. The third-order valence-corrected chi connectivity index (χ3v) is 4.39. The highest BCUT2D eigenvalue weighted by molar-refractivity contribution is 14.1. The van der Waals surface area contributed by atoms with Crippen molar-refractivity contribution in [2.75, 3.05) is 5.32 Å². The second-order valence-electron chi connectivity index (χ2n) is 5.96. The van der Waals surface area contributed by atoms with Gasteiger partial charge in [-0.1, -0.05) is 13.8 Å². The lowest BCUT2D eigenvalue weighted by molar-refractivity contribution is -0.117. The van der Waals surface area contributed by atoms with Crippen molar-refractivity contribution in [2.24, 2.45) is 0 Å². The van der Waals surface area contributed by atoms with E-state index in [9.17, 15) is 14.0 Å². The van der Waals surface area contributed by atoms with Crippen LogP contribution in [0, 0.1) is 9.39 Å². The first-order valence-corrected chi connectivity index (χ1v) is 8.90. The summed E-state index contributed by atoms with van der Waals surface area (Å²) in [5.74, 6) is -1.53. The molecule has 134 valence electrons. The van der Waals surface area contributed by atoms with E-state index in [0.717, 1.165) is 31.9 Å². The molecule has 3 aromatic rings. The molecule has 0 saturated carbocycles. The molecular weight excluding hydrogens is 452 g/mol. The summed E-state index contributed by atoms with van der Waals surface area (Å²) in [6.07, 6.45) is 2.07. The molecule has 1 amide bonds. The smallest absolute Gasteiger partial charge is 0.275 e. The molecule has 3 rings (SSSR count). The van der Waals surface area contributed by atoms with Crippen molar-refractivity contribution >= 4 is 45.1 Å². The lowest BCUT2D eigenvalue weighted by Gasteiger charge is -2.13. The van der Waals surface area contributed by atoms with Gasteiger partial charge in [-0.15, -0.1) is 0 Å². The molecule has 0 atom stereocenters. The van der Waals surface area contributed by atoms with Gasteiger partial charge in [-0.3, -0.25) is 9.59 Å². The zero-order chi connectivity index (χ0) is 18.8. The van der Waals surface area contributed by atoms with E-state index in [1.54, 1.807) is 6.07 Å². The Labute approximate surface area is 161 Å². The van der Waals surface area contributed by atoms with Crippen molar-refractivity contribution in [1.29, 1.82) is 0 Å². The molecule has 2 aromatic heterocycles. The predicted molar refractivity (Wildman–Crippen MR) is 103 cm³/mol. The normalized spacial score (nSPS) is 11.1. The Kier molecular flexibility index (Phi) is 5.25. The lowest BCUT2D eigenvalue weighted by atomic mass is 10.0. The maximum atomic E-state index is 13.6. The molecule has 0 aliphatic rings. The van der Waals surface area contributed by atoms with Crippen LogP contribution in [-0.4, -0.2) is 25.7 Å². The second kappa shape index (κ2) is 7.44. The summed E-state index contributed by atoms with van der Waals surface area (Å²) < 4.78 is 15.6. The first kappa shape index (κ1) is 18.4. The molecule has 0 fully saturated rings. The number of fused-ring (bicyclic) bond motifs is 1. The highest BCUT2D eigenvalue weighted by atomic mass is 127. The van der Waals surface area contributed by atoms with Crippen LogP contribution >= 0.6 is 22.6 Å². The number of amides is 1. The maximum Gasteiger partial charge on any atom is 0.275 e. The first-order valence-electron chi connectivity index (χ1n) is 7.82. The Bertz CT molecular complexity index is 1050. The van der Waals surface area contributed by atoms with Gasteiger partial charge in [0.05, 0.1) is 17.3 Å². The van der Waals surface area contributed by atoms with E-state index < -0.39 is 11.7 Å². The number of anilines is 1. The van der Waals surface area contributed by atoms with Crippen molar-refractivity contribution in [3.8, 4) is 0 Å². The fourth-order valence-electron chi connectivity index (χ4n) is 2.53. The minimum absolute atomic E-state index is 0.0601. The fraction of sp³-hybridized carbons (Fsp3) is 0.235. The molecule has 0 aliphatic heterocycles. The van der Waals surface area contributed by atoms with Gasteiger partial charge in [-0.2, -0.15) is 5.10 Å². The van der Waals surface area contributed by atoms with Gasteiger partial charge in [0.25, 0.3) is 5.56 Å². The van der Waals surface area contributed by atoms with E-state index in [0.29, 0.717) is 5.39 Å². The lowest BCUT2D eigenvalue weighted by Crippen LogP contribution is -2.31. The largest absolute Gasteiger partial charge is 0.307 e. The summed E-state index contributed by atoms with van der Waals surface area (Å²) in [4.78, 5) is 32.1. The molecule has 0 unspecified atom stereocenters. The molecule has 0 radical (unpaired) electrons. The Morgan fingerprint density at radius 3 is 2.81 bits per heavy atom. The molecule has 0 saturated heterocycles. The van der Waals surface area contributed by atoms with Crippen molar-refractivity contribution in [2.45, 2.75) is 26.3 Å². The Morgan fingerprint density at radius 2 is 2.12 bits per heavy atom. The molecule has 0 aliphatic carbocycles. The summed E-state index contributed by atoms with van der Waals surface area (Å²) in [5.41, 5.74) is 0.346. The second-order valence-corrected chi connectivity index (χ2v) is 7.21. The van der Waals surface area contributed by atoms with Gasteiger partial charge in [-0.25, -0.2) is 19.0 Å². The van der Waals surface area contributed by atoms with Crippen LogP contribution in [0.5, 0.6) is 0 Å². The van der Waals surface area contributed by atoms with Gasteiger partial charge in [0, 0.05) is 8.96 Å². The average molecular weight is 467 g/mol. The van der Waals surface area contributed by atoms with Crippen LogP contribution in [0.15, 0.2) is 35.5 Å². The van der Waals surface area contributed by atoms with Crippen LogP contribution in [-0.2, 0) is 11.3 Å². The van der Waals surface area contributed by atoms with Crippen LogP contribution in [0.4, 0.5) is 10.2 Å². The number of nitrogens with one attached hydrogen (secondary N) is 1. The van der Waals surface area contributed by atoms with Crippen LogP contribution < -0.4 is 10.9 Å². The van der Waals surface area contributed by atoms with E-state index in [1.165, 1.54) is 0 Å². The van der Waals surface area contributed by atoms with E-state index in [4.69, 9.17) is 0 Å². The molecule has 1 aromatic carbocycles. The Morgan fingerprint density at radius 1 is 1.35 bits per heavy atom. The molecular formula is C17H15FIN5O2. The monoisotopic (exact) mass is 467 g/mol. The number of rotatable bonds is 4. The van der Waals surface area contributed by atoms with E-state index in [2.05, 4.69) is 43.0 Å². The highest BCUT2D eigenvalue weighted by Gasteiger charge is 2.16. The number of nitrogens with zero attached hydrogens (tertiary/aromatic N) is 4. The van der Waals surface area contributed by atoms with Crippen LogP contribution in [0.3, 0.4) is 0 Å². The number of benzene rings is 1. The van der Waals surface area contributed by atoms with Gasteiger partial charge in [0.15, 0.2) is 11.6 Å². The number of carbonyl (C=O) groups excluding carboxylic acids is 1. The molecule has 1 N–H and O–H groups in total.